The molecule has 0 N–H and O–H groups in total. The fraction of sp³-hybridized carbons (Fsp3) is 0.125. The van der Waals surface area contributed by atoms with Crippen LogP contribution in [0.15, 0.2) is 69.9 Å². The summed E-state index contributed by atoms with van der Waals surface area (Å²) in [5.41, 5.74) is 3.78. The molecule has 0 unspecified atom stereocenters. The molecular formula is C24H18Cl2O3. The lowest BCUT2D eigenvalue weighted by molar-refractivity contribution is 0.298. The van der Waals surface area contributed by atoms with E-state index in [0.29, 0.717) is 32.3 Å². The third-order valence-corrected chi connectivity index (χ3v) is 5.42. The lowest BCUT2D eigenvalue weighted by Crippen LogP contribution is -2.11. The molecule has 3 aromatic carbocycles. The van der Waals surface area contributed by atoms with Crippen molar-refractivity contribution in [3.8, 4) is 17.1 Å². The minimum Gasteiger partial charge on any atom is -0.481 e. The first-order valence-corrected chi connectivity index (χ1v) is 9.90. The fourth-order valence-corrected chi connectivity index (χ4v) is 3.60. The second-order valence-corrected chi connectivity index (χ2v) is 7.76. The van der Waals surface area contributed by atoms with Crippen molar-refractivity contribution in [3.63, 3.8) is 0 Å². The van der Waals surface area contributed by atoms with Gasteiger partial charge in [-0.15, -0.1) is 0 Å². The third kappa shape index (κ3) is 3.89. The summed E-state index contributed by atoms with van der Waals surface area (Å²) in [6.07, 6.45) is 0. The maximum absolute atomic E-state index is 13.3. The summed E-state index contributed by atoms with van der Waals surface area (Å²) in [6.45, 7) is 4.12. The van der Waals surface area contributed by atoms with E-state index in [1.807, 2.05) is 50.2 Å². The van der Waals surface area contributed by atoms with Crippen LogP contribution >= 0.6 is 23.2 Å². The van der Waals surface area contributed by atoms with Gasteiger partial charge in [-0.3, -0.25) is 4.79 Å². The summed E-state index contributed by atoms with van der Waals surface area (Å²) in [7, 11) is 0. The Hall–Kier alpha value is -2.75. The van der Waals surface area contributed by atoms with E-state index in [0.717, 1.165) is 16.7 Å². The van der Waals surface area contributed by atoms with E-state index in [-0.39, 0.29) is 17.8 Å². The Morgan fingerprint density at radius 1 is 0.931 bits per heavy atom. The molecule has 0 saturated heterocycles. The molecule has 0 saturated carbocycles. The lowest BCUT2D eigenvalue weighted by atomic mass is 10.0. The van der Waals surface area contributed by atoms with Gasteiger partial charge in [-0.2, -0.15) is 0 Å². The van der Waals surface area contributed by atoms with Crippen LogP contribution in [0.5, 0.6) is 5.75 Å². The van der Waals surface area contributed by atoms with Crippen LogP contribution in [-0.4, -0.2) is 0 Å². The molecule has 1 aromatic heterocycles. The van der Waals surface area contributed by atoms with Crippen LogP contribution in [-0.2, 0) is 6.61 Å². The minimum absolute atomic E-state index is 0.133. The molecule has 0 bridgehead atoms. The van der Waals surface area contributed by atoms with Crippen LogP contribution in [0, 0.1) is 13.8 Å². The monoisotopic (exact) mass is 424 g/mol. The maximum atomic E-state index is 13.3. The predicted molar refractivity (Wildman–Crippen MR) is 118 cm³/mol. The van der Waals surface area contributed by atoms with Crippen molar-refractivity contribution >= 4 is 34.2 Å². The highest BCUT2D eigenvalue weighted by atomic mass is 35.5. The van der Waals surface area contributed by atoms with E-state index in [2.05, 4.69) is 0 Å². The smallest absolute Gasteiger partial charge is 0.235 e. The number of aryl methyl sites for hydroxylation is 2. The Balaban J connectivity index is 1.91. The Kier molecular flexibility index (Phi) is 5.35. The van der Waals surface area contributed by atoms with Gasteiger partial charge in [0.1, 0.15) is 12.2 Å². The van der Waals surface area contributed by atoms with E-state index < -0.39 is 0 Å². The van der Waals surface area contributed by atoms with Crippen molar-refractivity contribution in [2.75, 3.05) is 0 Å². The van der Waals surface area contributed by atoms with Gasteiger partial charge in [-0.1, -0.05) is 47.5 Å². The summed E-state index contributed by atoms with van der Waals surface area (Å²) in [5, 5.41) is 1.56. The normalized spacial score (nSPS) is 11.0. The van der Waals surface area contributed by atoms with Crippen LogP contribution in [0.25, 0.3) is 22.3 Å². The molecule has 29 heavy (non-hydrogen) atoms. The van der Waals surface area contributed by atoms with Gasteiger partial charge in [0.05, 0.1) is 10.4 Å². The third-order valence-electron chi connectivity index (χ3n) is 4.86. The SMILES string of the molecule is Cc1cc2oc(-c3ccccc3Cl)c(OCc3cccc(Cl)c3)c(=O)c2cc1C. The van der Waals surface area contributed by atoms with Crippen LogP contribution in [0.4, 0.5) is 0 Å². The van der Waals surface area contributed by atoms with Gasteiger partial charge in [-0.05, 0) is 66.9 Å². The number of ether oxygens (including phenoxy) is 1. The first-order chi connectivity index (χ1) is 13.9. The second kappa shape index (κ2) is 7.94. The number of halogens is 2. The zero-order chi connectivity index (χ0) is 20.5. The largest absolute Gasteiger partial charge is 0.481 e. The quantitative estimate of drug-likeness (QED) is 0.355. The van der Waals surface area contributed by atoms with Crippen LogP contribution < -0.4 is 10.2 Å². The van der Waals surface area contributed by atoms with E-state index in [1.165, 1.54) is 0 Å². The zero-order valence-electron chi connectivity index (χ0n) is 16.0. The molecule has 0 atom stereocenters. The molecule has 3 nitrogen and oxygen atoms in total. The second-order valence-electron chi connectivity index (χ2n) is 6.92. The minimum atomic E-state index is -0.230. The average molecular weight is 425 g/mol. The lowest BCUT2D eigenvalue weighted by Gasteiger charge is -2.13. The van der Waals surface area contributed by atoms with E-state index in [1.54, 1.807) is 24.3 Å². The predicted octanol–water partition coefficient (Wildman–Crippen LogP) is 6.96. The Bertz CT molecular complexity index is 1280. The molecule has 0 spiro atoms. The van der Waals surface area contributed by atoms with Crippen LogP contribution in [0.2, 0.25) is 10.0 Å². The molecule has 0 amide bonds. The van der Waals surface area contributed by atoms with Gasteiger partial charge in [0.15, 0.2) is 5.76 Å². The van der Waals surface area contributed by atoms with Gasteiger partial charge < -0.3 is 9.15 Å². The summed E-state index contributed by atoms with van der Waals surface area (Å²) in [6, 6.07) is 18.2. The first kappa shape index (κ1) is 19.6. The molecule has 0 aliphatic rings. The topological polar surface area (TPSA) is 39.4 Å². The molecule has 146 valence electrons. The fourth-order valence-electron chi connectivity index (χ4n) is 3.17. The van der Waals surface area contributed by atoms with E-state index >= 15 is 0 Å². The molecule has 5 heteroatoms. The molecule has 0 radical (unpaired) electrons. The maximum Gasteiger partial charge on any atom is 0.235 e. The van der Waals surface area contributed by atoms with Gasteiger partial charge in [0.25, 0.3) is 0 Å². The van der Waals surface area contributed by atoms with Gasteiger partial charge >= 0.3 is 0 Å². The summed E-state index contributed by atoms with van der Waals surface area (Å²) >= 11 is 12.5. The molecule has 0 fully saturated rings. The van der Waals surface area contributed by atoms with E-state index in [9.17, 15) is 4.79 Å². The Morgan fingerprint density at radius 2 is 1.69 bits per heavy atom. The highest BCUT2D eigenvalue weighted by Gasteiger charge is 2.20. The number of hydrogen-bond acceptors (Lipinski definition) is 3. The van der Waals surface area contributed by atoms with Crippen molar-refractivity contribution in [2.24, 2.45) is 0 Å². The van der Waals surface area contributed by atoms with Crippen LogP contribution in [0.1, 0.15) is 16.7 Å². The molecule has 0 aliphatic heterocycles. The average Bonchev–Trinajstić information content (AvgIpc) is 2.69. The summed E-state index contributed by atoms with van der Waals surface area (Å²) in [5.74, 6) is 0.451. The first-order valence-electron chi connectivity index (χ1n) is 9.14. The number of hydrogen-bond donors (Lipinski definition) is 0. The molecular weight excluding hydrogens is 407 g/mol. The van der Waals surface area contributed by atoms with Gasteiger partial charge in [0.2, 0.25) is 11.2 Å². The molecule has 4 aromatic rings. The highest BCUT2D eigenvalue weighted by molar-refractivity contribution is 6.33. The highest BCUT2D eigenvalue weighted by Crippen LogP contribution is 2.36. The van der Waals surface area contributed by atoms with Gasteiger partial charge in [-0.25, -0.2) is 0 Å². The Labute approximate surface area is 178 Å². The number of benzene rings is 3. The van der Waals surface area contributed by atoms with Crippen molar-refractivity contribution in [3.05, 3.63) is 97.6 Å². The van der Waals surface area contributed by atoms with E-state index in [4.69, 9.17) is 32.4 Å². The van der Waals surface area contributed by atoms with Gasteiger partial charge in [0, 0.05) is 10.6 Å². The number of rotatable bonds is 4. The van der Waals surface area contributed by atoms with Crippen molar-refractivity contribution in [1.29, 1.82) is 0 Å². The van der Waals surface area contributed by atoms with Crippen molar-refractivity contribution in [1.82, 2.24) is 0 Å². The number of fused-ring (bicyclic) bond motifs is 1. The molecule has 0 aliphatic carbocycles. The summed E-state index contributed by atoms with van der Waals surface area (Å²) in [4.78, 5) is 13.3. The van der Waals surface area contributed by atoms with Crippen LogP contribution in [0.3, 0.4) is 0 Å². The van der Waals surface area contributed by atoms with Crippen molar-refractivity contribution < 1.29 is 9.15 Å². The molecule has 1 heterocycles. The summed E-state index contributed by atoms with van der Waals surface area (Å²) < 4.78 is 12.1. The van der Waals surface area contributed by atoms with Crippen molar-refractivity contribution in [2.45, 2.75) is 20.5 Å². The standard InChI is InChI=1S/C24H18Cl2O3/c1-14-10-19-21(11-15(14)2)29-23(18-8-3-4-9-20(18)26)24(22(19)27)28-13-16-6-5-7-17(25)12-16/h3-12H,13H2,1-2H3. The Morgan fingerprint density at radius 3 is 2.45 bits per heavy atom. The zero-order valence-corrected chi connectivity index (χ0v) is 17.5. The molecule has 4 rings (SSSR count).